The fourth-order valence-electron chi connectivity index (χ4n) is 1.93. The Morgan fingerprint density at radius 3 is 2.57 bits per heavy atom. The molecule has 21 heavy (non-hydrogen) atoms. The standard InChI is InChI=1S/C14H22BrN3O3/c1-20-8-3-6-18(7-9-21-2)13-5-4-11(10-12(13)15)14(16)17-19/h4-5,10,19H,3,6-9H2,1-2H3,(H2,16,17). The van der Waals surface area contributed by atoms with Gasteiger partial charge in [0.25, 0.3) is 0 Å². The van der Waals surface area contributed by atoms with E-state index in [1.165, 1.54) is 0 Å². The molecule has 0 aliphatic heterocycles. The molecule has 0 bridgehead atoms. The van der Waals surface area contributed by atoms with Crippen molar-refractivity contribution in [1.29, 1.82) is 0 Å². The first-order valence-electron chi connectivity index (χ1n) is 6.64. The normalized spacial score (nSPS) is 11.7. The summed E-state index contributed by atoms with van der Waals surface area (Å²) in [6, 6.07) is 5.60. The number of nitrogens with zero attached hydrogens (tertiary/aromatic N) is 2. The Hall–Kier alpha value is -1.31. The third-order valence-corrected chi connectivity index (χ3v) is 3.67. The number of methoxy groups -OCH3 is 2. The number of anilines is 1. The van der Waals surface area contributed by atoms with Gasteiger partial charge in [0, 0.05) is 44.0 Å². The number of amidine groups is 1. The minimum atomic E-state index is 0.0880. The molecule has 0 heterocycles. The Morgan fingerprint density at radius 2 is 2.00 bits per heavy atom. The SMILES string of the molecule is COCCCN(CCOC)c1ccc(/C(N)=N/O)cc1Br. The van der Waals surface area contributed by atoms with Crippen molar-refractivity contribution in [2.45, 2.75) is 6.42 Å². The molecule has 0 amide bonds. The molecule has 0 fully saturated rings. The first kappa shape index (κ1) is 17.7. The maximum Gasteiger partial charge on any atom is 0.170 e. The van der Waals surface area contributed by atoms with Crippen molar-refractivity contribution >= 4 is 27.5 Å². The molecular formula is C14H22BrN3O3. The molecular weight excluding hydrogens is 338 g/mol. The molecule has 0 saturated heterocycles. The molecule has 0 unspecified atom stereocenters. The van der Waals surface area contributed by atoms with Gasteiger partial charge in [0.1, 0.15) is 0 Å². The number of oxime groups is 1. The Bertz CT molecular complexity index is 469. The molecule has 1 rings (SSSR count). The first-order valence-corrected chi connectivity index (χ1v) is 7.43. The summed E-state index contributed by atoms with van der Waals surface area (Å²) in [4.78, 5) is 2.21. The van der Waals surface area contributed by atoms with Crippen LogP contribution in [0.25, 0.3) is 0 Å². The zero-order valence-corrected chi connectivity index (χ0v) is 14.0. The molecule has 0 aliphatic carbocycles. The monoisotopic (exact) mass is 359 g/mol. The van der Waals surface area contributed by atoms with Gasteiger partial charge in [0.2, 0.25) is 0 Å². The van der Waals surface area contributed by atoms with Gasteiger partial charge in [0.15, 0.2) is 5.84 Å². The molecule has 7 heteroatoms. The molecule has 0 saturated carbocycles. The molecule has 1 aromatic carbocycles. The molecule has 1 aromatic rings. The van der Waals surface area contributed by atoms with Gasteiger partial charge in [-0.2, -0.15) is 0 Å². The average molecular weight is 360 g/mol. The predicted molar refractivity (Wildman–Crippen MR) is 87.2 cm³/mol. The number of hydrogen-bond acceptors (Lipinski definition) is 5. The van der Waals surface area contributed by atoms with Gasteiger partial charge >= 0.3 is 0 Å². The molecule has 0 spiro atoms. The summed E-state index contributed by atoms with van der Waals surface area (Å²) in [5.74, 6) is 0.0880. The van der Waals surface area contributed by atoms with E-state index < -0.39 is 0 Å². The zero-order valence-electron chi connectivity index (χ0n) is 12.4. The van der Waals surface area contributed by atoms with Crippen molar-refractivity contribution in [3.63, 3.8) is 0 Å². The van der Waals surface area contributed by atoms with Crippen molar-refractivity contribution in [2.75, 3.05) is 45.4 Å². The molecule has 6 nitrogen and oxygen atoms in total. The van der Waals surface area contributed by atoms with Crippen molar-refractivity contribution in [1.82, 2.24) is 0 Å². The first-order chi connectivity index (χ1) is 10.1. The summed E-state index contributed by atoms with van der Waals surface area (Å²) in [6.07, 6.45) is 0.925. The second kappa shape index (κ2) is 9.59. The highest BCUT2D eigenvalue weighted by atomic mass is 79.9. The zero-order chi connectivity index (χ0) is 15.7. The van der Waals surface area contributed by atoms with Gasteiger partial charge in [-0.3, -0.25) is 0 Å². The van der Waals surface area contributed by atoms with Crippen LogP contribution in [0.2, 0.25) is 0 Å². The van der Waals surface area contributed by atoms with Crippen molar-refractivity contribution in [3.8, 4) is 0 Å². The smallest absolute Gasteiger partial charge is 0.170 e. The highest BCUT2D eigenvalue weighted by Gasteiger charge is 2.11. The summed E-state index contributed by atoms with van der Waals surface area (Å²) in [5, 5.41) is 11.7. The van der Waals surface area contributed by atoms with E-state index in [4.69, 9.17) is 20.4 Å². The van der Waals surface area contributed by atoms with Crippen LogP contribution in [0.3, 0.4) is 0 Å². The number of rotatable bonds is 9. The Labute approximate surface area is 133 Å². The van der Waals surface area contributed by atoms with Crippen LogP contribution >= 0.6 is 15.9 Å². The number of nitrogens with two attached hydrogens (primary N) is 1. The Balaban J connectivity index is 2.90. The fourth-order valence-corrected chi connectivity index (χ4v) is 2.56. The number of benzene rings is 1. The lowest BCUT2D eigenvalue weighted by Gasteiger charge is -2.26. The van der Waals surface area contributed by atoms with E-state index in [0.717, 1.165) is 29.7 Å². The van der Waals surface area contributed by atoms with Gasteiger partial charge in [-0.25, -0.2) is 0 Å². The van der Waals surface area contributed by atoms with Gasteiger partial charge < -0.3 is 25.3 Å². The van der Waals surface area contributed by atoms with E-state index in [1.807, 2.05) is 18.2 Å². The molecule has 118 valence electrons. The Kier molecular flexibility index (Phi) is 8.11. The van der Waals surface area contributed by atoms with Crippen LogP contribution in [0.4, 0.5) is 5.69 Å². The van der Waals surface area contributed by atoms with Crippen LogP contribution in [-0.4, -0.2) is 51.6 Å². The van der Waals surface area contributed by atoms with Crippen LogP contribution in [0.1, 0.15) is 12.0 Å². The van der Waals surface area contributed by atoms with Gasteiger partial charge in [-0.05, 0) is 40.5 Å². The maximum atomic E-state index is 8.72. The van der Waals surface area contributed by atoms with Gasteiger partial charge in [-0.1, -0.05) is 5.16 Å². The van der Waals surface area contributed by atoms with Crippen molar-refractivity contribution in [3.05, 3.63) is 28.2 Å². The molecule has 0 atom stereocenters. The number of hydrogen-bond donors (Lipinski definition) is 2. The summed E-state index contributed by atoms with van der Waals surface area (Å²) < 4.78 is 11.1. The predicted octanol–water partition coefficient (Wildman–Crippen LogP) is 2.03. The van der Waals surface area contributed by atoms with E-state index >= 15 is 0 Å². The lowest BCUT2D eigenvalue weighted by Crippen LogP contribution is -2.29. The Morgan fingerprint density at radius 1 is 1.29 bits per heavy atom. The van der Waals surface area contributed by atoms with Gasteiger partial charge in [0.05, 0.1) is 12.3 Å². The van der Waals surface area contributed by atoms with Gasteiger partial charge in [-0.15, -0.1) is 0 Å². The van der Waals surface area contributed by atoms with Crippen LogP contribution < -0.4 is 10.6 Å². The summed E-state index contributed by atoms with van der Waals surface area (Å²) in [6.45, 7) is 2.99. The highest BCUT2D eigenvalue weighted by molar-refractivity contribution is 9.10. The summed E-state index contributed by atoms with van der Waals surface area (Å²) in [7, 11) is 3.38. The fraction of sp³-hybridized carbons (Fsp3) is 0.500. The van der Waals surface area contributed by atoms with Crippen molar-refractivity contribution < 1.29 is 14.7 Å². The minimum Gasteiger partial charge on any atom is -0.409 e. The molecule has 0 aromatic heterocycles. The highest BCUT2D eigenvalue weighted by Crippen LogP contribution is 2.27. The van der Waals surface area contributed by atoms with E-state index in [1.54, 1.807) is 14.2 Å². The average Bonchev–Trinajstić information content (AvgIpc) is 2.50. The van der Waals surface area contributed by atoms with E-state index in [2.05, 4.69) is 26.0 Å². The third kappa shape index (κ3) is 5.53. The lowest BCUT2D eigenvalue weighted by molar-refractivity contribution is 0.191. The van der Waals surface area contributed by atoms with E-state index in [9.17, 15) is 0 Å². The second-order valence-electron chi connectivity index (χ2n) is 4.48. The summed E-state index contributed by atoms with van der Waals surface area (Å²) >= 11 is 3.54. The number of ether oxygens (including phenoxy) is 2. The van der Waals surface area contributed by atoms with Crippen LogP contribution in [0.15, 0.2) is 27.8 Å². The van der Waals surface area contributed by atoms with E-state index in [-0.39, 0.29) is 5.84 Å². The molecule has 0 radical (unpaired) electrons. The quantitative estimate of drug-likeness (QED) is 0.232. The molecule has 0 aliphatic rings. The van der Waals surface area contributed by atoms with Crippen LogP contribution in [0, 0.1) is 0 Å². The van der Waals surface area contributed by atoms with Crippen LogP contribution in [0.5, 0.6) is 0 Å². The maximum absolute atomic E-state index is 8.72. The second-order valence-corrected chi connectivity index (χ2v) is 5.33. The largest absolute Gasteiger partial charge is 0.409 e. The molecule has 3 N–H and O–H groups in total. The third-order valence-electron chi connectivity index (χ3n) is 3.03. The number of halogens is 1. The minimum absolute atomic E-state index is 0.0880. The van der Waals surface area contributed by atoms with E-state index in [0.29, 0.717) is 18.8 Å². The van der Waals surface area contributed by atoms with Crippen molar-refractivity contribution in [2.24, 2.45) is 10.9 Å². The summed E-state index contributed by atoms with van der Waals surface area (Å²) in [5.41, 5.74) is 7.30. The van der Waals surface area contributed by atoms with Crippen LogP contribution in [-0.2, 0) is 9.47 Å². The topological polar surface area (TPSA) is 80.3 Å². The lowest BCUT2D eigenvalue weighted by atomic mass is 10.1.